The van der Waals surface area contributed by atoms with Gasteiger partial charge in [0.05, 0.1) is 6.61 Å². The molecule has 1 rings (SSSR count). The number of rotatable bonds is 3. The molecule has 0 aromatic rings. The summed E-state index contributed by atoms with van der Waals surface area (Å²) in [6.45, 7) is 2.89. The average molecular weight is 151 g/mol. The lowest BCUT2D eigenvalue weighted by atomic mass is 10.2. The van der Waals surface area contributed by atoms with Gasteiger partial charge in [-0.2, -0.15) is 0 Å². The summed E-state index contributed by atoms with van der Waals surface area (Å²) in [5.41, 5.74) is 1.24. The first-order chi connectivity index (χ1) is 5.38. The summed E-state index contributed by atoms with van der Waals surface area (Å²) in [7, 11) is 1.76. The van der Waals surface area contributed by atoms with Crippen LogP contribution >= 0.6 is 0 Å². The van der Waals surface area contributed by atoms with Crippen molar-refractivity contribution in [3.63, 3.8) is 0 Å². The maximum Gasteiger partial charge on any atom is 0.106 e. The zero-order valence-corrected chi connectivity index (χ0v) is 6.95. The van der Waals surface area contributed by atoms with E-state index in [1.54, 1.807) is 13.3 Å². The highest BCUT2D eigenvalue weighted by Crippen LogP contribution is 2.19. The summed E-state index contributed by atoms with van der Waals surface area (Å²) in [5.74, 6) is 0. The van der Waals surface area contributed by atoms with E-state index in [1.165, 1.54) is 5.57 Å². The maximum absolute atomic E-state index is 5.13. The van der Waals surface area contributed by atoms with Gasteiger partial charge in [-0.3, -0.25) is 4.99 Å². The van der Waals surface area contributed by atoms with Crippen molar-refractivity contribution < 1.29 is 4.74 Å². The van der Waals surface area contributed by atoms with Crippen molar-refractivity contribution in [1.29, 1.82) is 0 Å². The molecule has 60 valence electrons. The molecular weight excluding hydrogens is 138 g/mol. The third-order valence-corrected chi connectivity index (χ3v) is 1.56. The third-order valence-electron chi connectivity index (χ3n) is 1.56. The zero-order valence-electron chi connectivity index (χ0n) is 6.95. The van der Waals surface area contributed by atoms with Crippen LogP contribution in [-0.2, 0) is 4.74 Å². The van der Waals surface area contributed by atoms with Gasteiger partial charge in [-0.05, 0) is 18.6 Å². The molecule has 2 heteroatoms. The Labute approximate surface area is 67.3 Å². The first kappa shape index (κ1) is 8.21. The van der Waals surface area contributed by atoms with Crippen molar-refractivity contribution >= 4 is 6.21 Å². The van der Waals surface area contributed by atoms with E-state index in [4.69, 9.17) is 4.74 Å². The molecule has 1 heterocycles. The predicted molar refractivity (Wildman–Crippen MR) is 47.1 cm³/mol. The number of hydrogen-bond donors (Lipinski definition) is 0. The van der Waals surface area contributed by atoms with E-state index < -0.39 is 0 Å². The van der Waals surface area contributed by atoms with E-state index in [0.717, 1.165) is 6.61 Å². The summed E-state index contributed by atoms with van der Waals surface area (Å²) in [6.07, 6.45) is 8.15. The fraction of sp³-hybridized carbons (Fsp3) is 0.444. The topological polar surface area (TPSA) is 24.9 Å². The van der Waals surface area contributed by atoms with Crippen LogP contribution in [0, 0.1) is 0 Å². The van der Waals surface area contributed by atoms with Crippen LogP contribution in [0.25, 0.3) is 0 Å². The van der Waals surface area contributed by atoms with Crippen LogP contribution in [0.3, 0.4) is 0 Å². The molecule has 2 nitrogen and oxygen atoms in total. The van der Waals surface area contributed by atoms with E-state index in [0.29, 0.717) is 6.10 Å². The first-order valence-electron chi connectivity index (χ1n) is 3.75. The Morgan fingerprint density at radius 1 is 1.64 bits per heavy atom. The molecule has 1 atom stereocenters. The molecule has 1 fully saturated rings. The van der Waals surface area contributed by atoms with Crippen molar-refractivity contribution in [3.05, 3.63) is 23.8 Å². The number of ether oxygens (including phenoxy) is 1. The highest BCUT2D eigenvalue weighted by Gasteiger charge is 2.24. The Morgan fingerprint density at radius 3 is 2.82 bits per heavy atom. The second-order valence-corrected chi connectivity index (χ2v) is 2.38. The van der Waals surface area contributed by atoms with Crippen LogP contribution in [0.15, 0.2) is 28.8 Å². The van der Waals surface area contributed by atoms with E-state index >= 15 is 0 Å². The van der Waals surface area contributed by atoms with E-state index in [9.17, 15) is 0 Å². The van der Waals surface area contributed by atoms with Crippen LogP contribution in [-0.4, -0.2) is 26.0 Å². The van der Waals surface area contributed by atoms with Gasteiger partial charge in [0.25, 0.3) is 0 Å². The number of allylic oxidation sites excluding steroid dienone is 2. The number of nitrogens with zero attached hydrogens (tertiary/aromatic N) is 1. The summed E-state index contributed by atoms with van der Waals surface area (Å²) in [4.78, 5) is 3.84. The molecule has 1 saturated heterocycles. The Bertz CT molecular complexity index is 200. The van der Waals surface area contributed by atoms with Gasteiger partial charge in [-0.25, -0.2) is 0 Å². The monoisotopic (exact) mass is 151 g/mol. The van der Waals surface area contributed by atoms with Crippen molar-refractivity contribution in [2.75, 3.05) is 13.7 Å². The van der Waals surface area contributed by atoms with Crippen LogP contribution in [0.5, 0.6) is 0 Å². The summed E-state index contributed by atoms with van der Waals surface area (Å²) in [6, 6.07) is 0. The molecule has 0 aliphatic carbocycles. The molecule has 0 spiro atoms. The van der Waals surface area contributed by atoms with Gasteiger partial charge in [0, 0.05) is 13.3 Å². The van der Waals surface area contributed by atoms with Gasteiger partial charge < -0.3 is 4.74 Å². The van der Waals surface area contributed by atoms with Gasteiger partial charge in [0.2, 0.25) is 0 Å². The Kier molecular flexibility index (Phi) is 3.05. The number of hydrogen-bond acceptors (Lipinski definition) is 2. The fourth-order valence-corrected chi connectivity index (χ4v) is 0.870. The van der Waals surface area contributed by atoms with Gasteiger partial charge in [0.15, 0.2) is 0 Å². The summed E-state index contributed by atoms with van der Waals surface area (Å²) < 4.78 is 5.13. The van der Waals surface area contributed by atoms with Crippen LogP contribution in [0.4, 0.5) is 0 Å². The van der Waals surface area contributed by atoms with Crippen molar-refractivity contribution in [2.45, 2.75) is 13.0 Å². The molecule has 0 radical (unpaired) electrons. The zero-order chi connectivity index (χ0) is 8.10. The van der Waals surface area contributed by atoms with Gasteiger partial charge in [-0.15, -0.1) is 0 Å². The third kappa shape index (κ3) is 2.68. The fourth-order valence-electron chi connectivity index (χ4n) is 0.870. The number of epoxide rings is 1. The highest BCUT2D eigenvalue weighted by atomic mass is 16.6. The smallest absolute Gasteiger partial charge is 0.106 e. The lowest BCUT2D eigenvalue weighted by Gasteiger charge is -1.90. The minimum absolute atomic E-state index is 0.349. The number of aliphatic imine (C=N–C) groups is 1. The second kappa shape index (κ2) is 4.09. The first-order valence-corrected chi connectivity index (χ1v) is 3.75. The van der Waals surface area contributed by atoms with Crippen LogP contribution in [0.1, 0.15) is 6.92 Å². The SMILES string of the molecule is C/C=C(/C=C\C=NC)C1CO1. The molecule has 0 bridgehead atoms. The second-order valence-electron chi connectivity index (χ2n) is 2.38. The van der Waals surface area contributed by atoms with Crippen molar-refractivity contribution in [3.8, 4) is 0 Å². The molecule has 11 heavy (non-hydrogen) atoms. The minimum atomic E-state index is 0.349. The van der Waals surface area contributed by atoms with Crippen LogP contribution < -0.4 is 0 Å². The molecule has 1 aliphatic rings. The normalized spacial score (nSPS) is 25.3. The predicted octanol–water partition coefficient (Wildman–Crippen LogP) is 1.59. The maximum atomic E-state index is 5.13. The molecule has 0 saturated carbocycles. The van der Waals surface area contributed by atoms with Gasteiger partial charge in [0.1, 0.15) is 6.10 Å². The summed E-state index contributed by atoms with van der Waals surface area (Å²) in [5, 5.41) is 0. The lowest BCUT2D eigenvalue weighted by molar-refractivity contribution is 0.434. The molecule has 1 aliphatic heterocycles. The van der Waals surface area contributed by atoms with E-state index in [2.05, 4.69) is 11.1 Å². The quantitative estimate of drug-likeness (QED) is 0.341. The summed E-state index contributed by atoms with van der Waals surface area (Å²) >= 11 is 0. The van der Waals surface area contributed by atoms with E-state index in [1.807, 2.05) is 19.1 Å². The van der Waals surface area contributed by atoms with Crippen molar-refractivity contribution in [2.24, 2.45) is 4.99 Å². The average Bonchev–Trinajstić information content (AvgIpc) is 2.81. The molecule has 0 N–H and O–H groups in total. The standard InChI is InChI=1S/C9H13NO/c1-3-8(9-7-11-9)5-4-6-10-2/h3-6,9H,7H2,1-2H3/b5-4-,8-3-,10-6?. The molecule has 0 amide bonds. The Hall–Kier alpha value is -0.890. The highest BCUT2D eigenvalue weighted by molar-refractivity contribution is 5.71. The Balaban J connectivity index is 2.43. The van der Waals surface area contributed by atoms with E-state index in [-0.39, 0.29) is 0 Å². The molecular formula is C9H13NO. The van der Waals surface area contributed by atoms with Gasteiger partial charge >= 0.3 is 0 Å². The molecule has 1 unspecified atom stereocenters. The minimum Gasteiger partial charge on any atom is -0.368 e. The Morgan fingerprint density at radius 2 is 2.36 bits per heavy atom. The molecule has 0 aromatic carbocycles. The lowest BCUT2D eigenvalue weighted by Crippen LogP contribution is -1.87. The van der Waals surface area contributed by atoms with Gasteiger partial charge in [-0.1, -0.05) is 12.2 Å². The largest absolute Gasteiger partial charge is 0.368 e. The van der Waals surface area contributed by atoms with Crippen LogP contribution in [0.2, 0.25) is 0 Å². The molecule has 0 aromatic heterocycles. The van der Waals surface area contributed by atoms with Crippen molar-refractivity contribution in [1.82, 2.24) is 0 Å².